The molecule has 0 radical (unpaired) electrons. The molecule has 0 amide bonds. The van der Waals surface area contributed by atoms with Crippen LogP contribution in [0.3, 0.4) is 0 Å². The Morgan fingerprint density at radius 3 is 2.32 bits per heavy atom. The topological polar surface area (TPSA) is 67.4 Å². The van der Waals surface area contributed by atoms with Gasteiger partial charge in [-0.25, -0.2) is 13.1 Å². The highest BCUT2D eigenvalue weighted by Crippen LogP contribution is 2.28. The summed E-state index contributed by atoms with van der Waals surface area (Å²) in [5, 5.41) is 3.53. The van der Waals surface area contributed by atoms with E-state index in [-0.39, 0.29) is 18.4 Å². The lowest BCUT2D eigenvalue weighted by molar-refractivity contribution is 0.289. The van der Waals surface area contributed by atoms with E-state index in [1.807, 2.05) is 0 Å². The monoisotopic (exact) mass is 388 g/mol. The number of fused-ring (bicyclic) bond motifs is 2. The molecule has 0 aliphatic carbocycles. The second kappa shape index (κ2) is 8.71. The number of rotatable bonds is 7. The predicted molar refractivity (Wildman–Crippen MR) is 102 cm³/mol. The van der Waals surface area contributed by atoms with E-state index in [4.69, 9.17) is 4.74 Å². The third-order valence-corrected chi connectivity index (χ3v) is 6.43. The second-order valence-corrected chi connectivity index (χ2v) is 9.14. The molecule has 5 nitrogen and oxygen atoms in total. The molecule has 25 heavy (non-hydrogen) atoms. The fraction of sp³-hybridized carbons (Fsp3) is 0.667. The summed E-state index contributed by atoms with van der Waals surface area (Å²) >= 11 is 0. The Morgan fingerprint density at radius 1 is 1.16 bits per heavy atom. The molecular formula is C18H29ClN2O3S. The van der Waals surface area contributed by atoms with Crippen molar-refractivity contribution in [1.82, 2.24) is 10.0 Å². The van der Waals surface area contributed by atoms with Crippen molar-refractivity contribution < 1.29 is 13.2 Å². The Kier molecular flexibility index (Phi) is 7.14. The predicted octanol–water partition coefficient (Wildman–Crippen LogP) is 3.09. The van der Waals surface area contributed by atoms with E-state index in [1.165, 1.54) is 0 Å². The zero-order valence-corrected chi connectivity index (χ0v) is 16.5. The smallest absolute Gasteiger partial charge is 0.240 e. The molecule has 0 aromatic heterocycles. The average Bonchev–Trinajstić information content (AvgIpc) is 2.86. The summed E-state index contributed by atoms with van der Waals surface area (Å²) in [5.74, 6) is 1.31. The maximum Gasteiger partial charge on any atom is 0.240 e. The third kappa shape index (κ3) is 5.58. The zero-order chi connectivity index (χ0) is 17.2. The summed E-state index contributed by atoms with van der Waals surface area (Å²) in [6, 6.07) is 7.70. The number of piperidine rings is 1. The summed E-state index contributed by atoms with van der Waals surface area (Å²) < 4.78 is 33.7. The van der Waals surface area contributed by atoms with Crippen LogP contribution < -0.4 is 14.8 Å². The largest absolute Gasteiger partial charge is 0.494 e. The van der Waals surface area contributed by atoms with Crippen molar-refractivity contribution in [2.75, 3.05) is 6.61 Å². The maximum atomic E-state index is 12.6. The number of benzene rings is 1. The molecule has 0 spiro atoms. The number of ether oxygens (including phenoxy) is 1. The molecule has 0 saturated carbocycles. The lowest BCUT2D eigenvalue weighted by atomic mass is 10.0. The minimum Gasteiger partial charge on any atom is -0.494 e. The van der Waals surface area contributed by atoms with Crippen LogP contribution in [0.2, 0.25) is 0 Å². The van der Waals surface area contributed by atoms with Gasteiger partial charge in [0.1, 0.15) is 5.75 Å². The van der Waals surface area contributed by atoms with E-state index in [2.05, 4.69) is 23.9 Å². The minimum atomic E-state index is -3.46. The first-order valence-electron chi connectivity index (χ1n) is 8.93. The molecule has 2 heterocycles. The van der Waals surface area contributed by atoms with Crippen molar-refractivity contribution in [3.8, 4) is 5.75 Å². The molecule has 142 valence electrons. The quantitative estimate of drug-likeness (QED) is 0.753. The molecule has 2 fully saturated rings. The molecule has 2 aliphatic rings. The van der Waals surface area contributed by atoms with Gasteiger partial charge in [-0.15, -0.1) is 12.4 Å². The van der Waals surface area contributed by atoms with Crippen molar-refractivity contribution >= 4 is 22.4 Å². The van der Waals surface area contributed by atoms with Gasteiger partial charge in [-0.2, -0.15) is 0 Å². The van der Waals surface area contributed by atoms with Crippen molar-refractivity contribution in [3.63, 3.8) is 0 Å². The van der Waals surface area contributed by atoms with Gasteiger partial charge >= 0.3 is 0 Å². The highest BCUT2D eigenvalue weighted by atomic mass is 35.5. The fourth-order valence-corrected chi connectivity index (χ4v) is 4.83. The van der Waals surface area contributed by atoms with E-state index in [1.54, 1.807) is 24.3 Å². The Balaban J connectivity index is 0.00000225. The standard InChI is InChI=1S/C18H28N2O3S.ClH/c1-13(2)9-10-23-17-5-7-18(8-6-17)24(21,22)20-16-11-14-3-4-15(12-16)19-14;/h5-8,13-16,19-20H,3-4,9-12H2,1-2H3;1H. The van der Waals surface area contributed by atoms with Crippen LogP contribution in [0.5, 0.6) is 5.75 Å². The fourth-order valence-electron chi connectivity index (χ4n) is 3.57. The van der Waals surface area contributed by atoms with Gasteiger partial charge in [-0.3, -0.25) is 0 Å². The van der Waals surface area contributed by atoms with Crippen LogP contribution in [0.15, 0.2) is 29.2 Å². The summed E-state index contributed by atoms with van der Waals surface area (Å²) in [6.45, 7) is 4.95. The first-order valence-corrected chi connectivity index (χ1v) is 10.4. The van der Waals surface area contributed by atoms with Gasteiger partial charge in [-0.05, 0) is 62.3 Å². The van der Waals surface area contributed by atoms with E-state index < -0.39 is 10.0 Å². The minimum absolute atomic E-state index is 0. The summed E-state index contributed by atoms with van der Waals surface area (Å²) in [4.78, 5) is 0.310. The lowest BCUT2D eigenvalue weighted by Gasteiger charge is -2.29. The second-order valence-electron chi connectivity index (χ2n) is 7.43. The van der Waals surface area contributed by atoms with Crippen molar-refractivity contribution in [2.45, 2.75) is 69.0 Å². The molecule has 2 unspecified atom stereocenters. The van der Waals surface area contributed by atoms with Gasteiger partial charge in [-0.1, -0.05) is 13.8 Å². The highest BCUT2D eigenvalue weighted by Gasteiger charge is 2.35. The zero-order valence-electron chi connectivity index (χ0n) is 14.9. The molecule has 3 rings (SSSR count). The van der Waals surface area contributed by atoms with Crippen LogP contribution in [0.25, 0.3) is 0 Å². The van der Waals surface area contributed by atoms with Crippen molar-refractivity contribution in [3.05, 3.63) is 24.3 Å². The number of nitrogens with one attached hydrogen (secondary N) is 2. The molecule has 2 saturated heterocycles. The molecule has 1 aromatic rings. The van der Waals surface area contributed by atoms with E-state index in [0.717, 1.165) is 37.9 Å². The van der Waals surface area contributed by atoms with E-state index in [9.17, 15) is 8.42 Å². The van der Waals surface area contributed by atoms with Gasteiger partial charge in [0.15, 0.2) is 0 Å². The van der Waals surface area contributed by atoms with Crippen LogP contribution >= 0.6 is 12.4 Å². The molecular weight excluding hydrogens is 360 g/mol. The van der Waals surface area contributed by atoms with Crippen LogP contribution in [0, 0.1) is 5.92 Å². The molecule has 7 heteroatoms. The third-order valence-electron chi connectivity index (χ3n) is 4.89. The Labute approximate surface area is 157 Å². The van der Waals surface area contributed by atoms with Gasteiger partial charge in [0, 0.05) is 18.1 Å². The van der Waals surface area contributed by atoms with Crippen molar-refractivity contribution in [1.29, 1.82) is 0 Å². The number of hydrogen-bond donors (Lipinski definition) is 2. The van der Waals surface area contributed by atoms with Gasteiger partial charge in [0.25, 0.3) is 0 Å². The Hall–Kier alpha value is -0.820. The van der Waals surface area contributed by atoms with Crippen LogP contribution in [-0.4, -0.2) is 33.2 Å². The first-order chi connectivity index (χ1) is 11.4. The Bertz CT molecular complexity index is 637. The number of halogens is 1. The molecule has 2 aliphatic heterocycles. The lowest BCUT2D eigenvalue weighted by Crippen LogP contribution is -2.47. The van der Waals surface area contributed by atoms with Gasteiger partial charge in [0.2, 0.25) is 10.0 Å². The number of hydrogen-bond acceptors (Lipinski definition) is 4. The molecule has 2 N–H and O–H groups in total. The maximum absolute atomic E-state index is 12.6. The van der Waals surface area contributed by atoms with E-state index >= 15 is 0 Å². The van der Waals surface area contributed by atoms with E-state index in [0.29, 0.717) is 29.5 Å². The summed E-state index contributed by atoms with van der Waals surface area (Å²) in [7, 11) is -3.46. The van der Waals surface area contributed by atoms with Crippen molar-refractivity contribution in [2.24, 2.45) is 5.92 Å². The number of sulfonamides is 1. The Morgan fingerprint density at radius 2 is 1.76 bits per heavy atom. The van der Waals surface area contributed by atoms with Crippen LogP contribution in [0.1, 0.15) is 46.0 Å². The average molecular weight is 389 g/mol. The molecule has 2 bridgehead atoms. The SMILES string of the molecule is CC(C)CCOc1ccc(S(=O)(=O)NC2CC3CCC(C2)N3)cc1.Cl. The van der Waals surface area contributed by atoms with Gasteiger partial charge < -0.3 is 10.1 Å². The normalized spacial score (nSPS) is 25.6. The summed E-state index contributed by atoms with van der Waals surface area (Å²) in [5.41, 5.74) is 0. The van der Waals surface area contributed by atoms with Gasteiger partial charge in [0.05, 0.1) is 11.5 Å². The molecule has 1 aromatic carbocycles. The molecule has 2 atom stereocenters. The van der Waals surface area contributed by atoms with Crippen LogP contribution in [0.4, 0.5) is 0 Å². The first kappa shape index (κ1) is 20.5. The summed E-state index contributed by atoms with van der Waals surface area (Å²) in [6.07, 6.45) is 5.06. The van der Waals surface area contributed by atoms with Crippen LogP contribution in [-0.2, 0) is 10.0 Å². The highest BCUT2D eigenvalue weighted by molar-refractivity contribution is 7.89.